The van der Waals surface area contributed by atoms with Gasteiger partial charge in [0.2, 0.25) is 0 Å². The van der Waals surface area contributed by atoms with Crippen molar-refractivity contribution in [3.05, 3.63) is 59.2 Å². The molecule has 0 saturated carbocycles. The number of aryl methyl sites for hydroxylation is 2. The van der Waals surface area contributed by atoms with Crippen LogP contribution in [0.15, 0.2) is 42.5 Å². The number of carbonyl (C=O) groups is 2. The summed E-state index contributed by atoms with van der Waals surface area (Å²) >= 11 is 0. The fourth-order valence-electron chi connectivity index (χ4n) is 2.31. The highest BCUT2D eigenvalue weighted by molar-refractivity contribution is 5.95. The van der Waals surface area contributed by atoms with Crippen molar-refractivity contribution >= 4 is 17.5 Å². The summed E-state index contributed by atoms with van der Waals surface area (Å²) in [6.07, 6.45) is 0. The number of amides is 2. The average molecular weight is 326 g/mol. The lowest BCUT2D eigenvalue weighted by molar-refractivity contribution is 0.101. The Morgan fingerprint density at radius 2 is 1.62 bits per heavy atom. The minimum absolute atomic E-state index is 0.00495. The molecule has 126 valence electrons. The molecule has 0 aromatic heterocycles. The number of anilines is 1. The quantitative estimate of drug-likeness (QED) is 0.628. The summed E-state index contributed by atoms with van der Waals surface area (Å²) < 4.78 is 5.73. The molecule has 2 rings (SSSR count). The Bertz CT molecular complexity index is 704. The summed E-state index contributed by atoms with van der Waals surface area (Å²) in [5, 5.41) is 5.45. The van der Waals surface area contributed by atoms with Gasteiger partial charge >= 0.3 is 6.03 Å². The molecule has 5 heteroatoms. The molecule has 0 radical (unpaired) electrons. The maximum absolute atomic E-state index is 11.8. The number of ether oxygens (including phenoxy) is 1. The molecule has 24 heavy (non-hydrogen) atoms. The van der Waals surface area contributed by atoms with Gasteiger partial charge in [-0.05, 0) is 56.2 Å². The third kappa shape index (κ3) is 4.84. The minimum Gasteiger partial charge on any atom is -0.491 e. The highest BCUT2D eigenvalue weighted by Gasteiger charge is 2.05. The van der Waals surface area contributed by atoms with Crippen LogP contribution in [0.1, 0.15) is 28.4 Å². The van der Waals surface area contributed by atoms with Crippen LogP contribution < -0.4 is 15.4 Å². The summed E-state index contributed by atoms with van der Waals surface area (Å²) in [7, 11) is 0. The monoisotopic (exact) mass is 326 g/mol. The Morgan fingerprint density at radius 3 is 2.21 bits per heavy atom. The van der Waals surface area contributed by atoms with Gasteiger partial charge in [0.1, 0.15) is 12.4 Å². The van der Waals surface area contributed by atoms with E-state index in [4.69, 9.17) is 4.74 Å². The number of rotatable bonds is 6. The summed E-state index contributed by atoms with van der Waals surface area (Å²) in [5.41, 5.74) is 3.39. The van der Waals surface area contributed by atoms with Gasteiger partial charge in [-0.15, -0.1) is 0 Å². The molecule has 2 amide bonds. The summed E-state index contributed by atoms with van der Waals surface area (Å²) in [6.45, 7) is 6.28. The number of urea groups is 1. The second kappa shape index (κ2) is 8.15. The molecule has 2 aromatic rings. The molecule has 0 aliphatic carbocycles. The zero-order valence-electron chi connectivity index (χ0n) is 14.2. The zero-order valence-corrected chi connectivity index (χ0v) is 14.2. The molecular weight excluding hydrogens is 304 g/mol. The summed E-state index contributed by atoms with van der Waals surface area (Å²) in [4.78, 5) is 23.0. The number of para-hydroxylation sites is 1. The second-order valence-corrected chi connectivity index (χ2v) is 5.58. The first-order chi connectivity index (χ1) is 11.5. The third-order valence-electron chi connectivity index (χ3n) is 3.59. The van der Waals surface area contributed by atoms with Crippen LogP contribution in [-0.4, -0.2) is 25.0 Å². The van der Waals surface area contributed by atoms with Crippen molar-refractivity contribution in [1.29, 1.82) is 0 Å². The zero-order chi connectivity index (χ0) is 17.5. The van der Waals surface area contributed by atoms with Gasteiger partial charge in [-0.2, -0.15) is 0 Å². The number of Topliss-reactive ketones (excluding diaryl/α,β-unsaturated/α-hetero) is 1. The van der Waals surface area contributed by atoms with Crippen LogP contribution >= 0.6 is 0 Å². The van der Waals surface area contributed by atoms with Crippen molar-refractivity contribution in [2.24, 2.45) is 0 Å². The van der Waals surface area contributed by atoms with Crippen LogP contribution in [0.5, 0.6) is 5.75 Å². The lowest BCUT2D eigenvalue weighted by Crippen LogP contribution is -2.32. The SMILES string of the molecule is CC(=O)c1ccc(NC(=O)NCCOc2c(C)cccc2C)cc1. The third-order valence-corrected chi connectivity index (χ3v) is 3.59. The van der Waals surface area contributed by atoms with E-state index >= 15 is 0 Å². The Balaban J connectivity index is 1.76. The molecule has 5 nitrogen and oxygen atoms in total. The predicted molar refractivity (Wildman–Crippen MR) is 94.9 cm³/mol. The van der Waals surface area contributed by atoms with Crippen molar-refractivity contribution in [2.75, 3.05) is 18.5 Å². The number of nitrogens with one attached hydrogen (secondary N) is 2. The standard InChI is InChI=1S/C19H22N2O3/c1-13-5-4-6-14(2)18(13)24-12-11-20-19(23)21-17-9-7-16(8-10-17)15(3)22/h4-10H,11-12H2,1-3H3,(H2,20,21,23). The van der Waals surface area contributed by atoms with E-state index in [2.05, 4.69) is 10.6 Å². The molecule has 0 heterocycles. The minimum atomic E-state index is -0.310. The van der Waals surface area contributed by atoms with Gasteiger partial charge in [-0.3, -0.25) is 4.79 Å². The van der Waals surface area contributed by atoms with Gasteiger partial charge in [0, 0.05) is 11.3 Å². The Hall–Kier alpha value is -2.82. The summed E-state index contributed by atoms with van der Waals surface area (Å²) in [6, 6.07) is 12.4. The van der Waals surface area contributed by atoms with E-state index in [1.807, 2.05) is 32.0 Å². The molecule has 0 saturated heterocycles. The number of carbonyl (C=O) groups excluding carboxylic acids is 2. The first-order valence-corrected chi connectivity index (χ1v) is 7.82. The lowest BCUT2D eigenvalue weighted by atomic mass is 10.1. The van der Waals surface area contributed by atoms with Crippen LogP contribution in [-0.2, 0) is 0 Å². The van der Waals surface area contributed by atoms with Gasteiger partial charge in [0.15, 0.2) is 5.78 Å². The predicted octanol–water partition coefficient (Wildman–Crippen LogP) is 3.71. The van der Waals surface area contributed by atoms with E-state index < -0.39 is 0 Å². The van der Waals surface area contributed by atoms with E-state index in [0.29, 0.717) is 24.4 Å². The van der Waals surface area contributed by atoms with Gasteiger partial charge in [-0.1, -0.05) is 18.2 Å². The second-order valence-electron chi connectivity index (χ2n) is 5.58. The lowest BCUT2D eigenvalue weighted by Gasteiger charge is -2.12. The fourth-order valence-corrected chi connectivity index (χ4v) is 2.31. The molecule has 0 aliphatic rings. The first kappa shape index (κ1) is 17.5. The molecule has 2 aromatic carbocycles. The van der Waals surface area contributed by atoms with Crippen LogP contribution in [0.25, 0.3) is 0 Å². The maximum Gasteiger partial charge on any atom is 0.319 e. The molecule has 0 aliphatic heterocycles. The molecule has 2 N–H and O–H groups in total. The largest absolute Gasteiger partial charge is 0.491 e. The highest BCUT2D eigenvalue weighted by Crippen LogP contribution is 2.21. The van der Waals surface area contributed by atoms with Gasteiger partial charge in [0.05, 0.1) is 6.54 Å². The topological polar surface area (TPSA) is 67.4 Å². The van der Waals surface area contributed by atoms with Gasteiger partial charge in [0.25, 0.3) is 0 Å². The van der Waals surface area contributed by atoms with Crippen LogP contribution in [0.2, 0.25) is 0 Å². The molecule has 0 atom stereocenters. The average Bonchev–Trinajstić information content (AvgIpc) is 2.54. The normalized spacial score (nSPS) is 10.1. The molecule has 0 bridgehead atoms. The number of ketones is 1. The summed E-state index contributed by atoms with van der Waals surface area (Å²) in [5.74, 6) is 0.856. The number of benzene rings is 2. The molecule has 0 fully saturated rings. The smallest absolute Gasteiger partial charge is 0.319 e. The van der Waals surface area contributed by atoms with Crippen LogP contribution in [0, 0.1) is 13.8 Å². The van der Waals surface area contributed by atoms with E-state index in [-0.39, 0.29) is 11.8 Å². The van der Waals surface area contributed by atoms with E-state index in [1.54, 1.807) is 24.3 Å². The molecule has 0 unspecified atom stereocenters. The number of hydrogen-bond acceptors (Lipinski definition) is 3. The Labute approximate surface area is 142 Å². The highest BCUT2D eigenvalue weighted by atomic mass is 16.5. The van der Waals surface area contributed by atoms with Crippen molar-refractivity contribution in [1.82, 2.24) is 5.32 Å². The van der Waals surface area contributed by atoms with Crippen molar-refractivity contribution in [3.8, 4) is 5.75 Å². The van der Waals surface area contributed by atoms with Crippen LogP contribution in [0.4, 0.5) is 10.5 Å². The van der Waals surface area contributed by atoms with Crippen LogP contribution in [0.3, 0.4) is 0 Å². The fraction of sp³-hybridized carbons (Fsp3) is 0.263. The van der Waals surface area contributed by atoms with Gasteiger partial charge in [-0.25, -0.2) is 4.79 Å². The van der Waals surface area contributed by atoms with Crippen molar-refractivity contribution in [2.45, 2.75) is 20.8 Å². The molecular formula is C19H22N2O3. The maximum atomic E-state index is 11.8. The van der Waals surface area contributed by atoms with Crippen molar-refractivity contribution < 1.29 is 14.3 Å². The van der Waals surface area contributed by atoms with Gasteiger partial charge < -0.3 is 15.4 Å². The number of hydrogen-bond donors (Lipinski definition) is 2. The van der Waals surface area contributed by atoms with E-state index in [9.17, 15) is 9.59 Å². The van der Waals surface area contributed by atoms with E-state index in [1.165, 1.54) is 6.92 Å². The Morgan fingerprint density at radius 1 is 1.00 bits per heavy atom. The Kier molecular flexibility index (Phi) is 5.95. The molecule has 0 spiro atoms. The van der Waals surface area contributed by atoms with Crippen molar-refractivity contribution in [3.63, 3.8) is 0 Å². The first-order valence-electron chi connectivity index (χ1n) is 7.82. The van der Waals surface area contributed by atoms with E-state index in [0.717, 1.165) is 16.9 Å².